The fraction of sp³-hybridized carbons (Fsp3) is 0. The van der Waals surface area contributed by atoms with Gasteiger partial charge in [0.1, 0.15) is 0 Å². The maximum absolute atomic E-state index is 2.46. The van der Waals surface area contributed by atoms with Crippen molar-refractivity contribution < 1.29 is 0 Å². The standard InChI is InChI=1S/C52H33NS/c1-2-12-34(13-3-1)43-21-10-15-37-16-11-22-44(51(37)43)36-26-28-39(29-27-36)53(40-30-31-42-38(32-40)25-24-35-14-4-5-17-41(35)42)48-33-50-52(46-19-7-6-18-45(46)48)47-20-8-9-23-49(47)54-50/h1-33H. The van der Waals surface area contributed by atoms with E-state index in [0.29, 0.717) is 0 Å². The molecule has 10 aromatic carbocycles. The maximum atomic E-state index is 2.46. The van der Waals surface area contributed by atoms with Gasteiger partial charge in [-0.1, -0.05) is 164 Å². The highest BCUT2D eigenvalue weighted by molar-refractivity contribution is 7.26. The quantitative estimate of drug-likeness (QED) is 0.161. The molecule has 1 aromatic heterocycles. The molecule has 0 aliphatic carbocycles. The van der Waals surface area contributed by atoms with Crippen molar-refractivity contribution in [2.24, 2.45) is 0 Å². The number of thiophene rings is 1. The number of benzene rings is 10. The van der Waals surface area contributed by atoms with Gasteiger partial charge in [-0.2, -0.15) is 0 Å². The fourth-order valence-corrected chi connectivity index (χ4v) is 9.71. The van der Waals surface area contributed by atoms with E-state index in [1.807, 2.05) is 11.3 Å². The van der Waals surface area contributed by atoms with Gasteiger partial charge in [0, 0.05) is 36.9 Å². The minimum absolute atomic E-state index is 1.12. The molecule has 0 radical (unpaired) electrons. The summed E-state index contributed by atoms with van der Waals surface area (Å²) in [7, 11) is 0. The molecule has 252 valence electrons. The van der Waals surface area contributed by atoms with Gasteiger partial charge in [0.05, 0.1) is 5.69 Å². The molecule has 0 aliphatic rings. The van der Waals surface area contributed by atoms with E-state index in [1.165, 1.54) is 91.2 Å². The highest BCUT2D eigenvalue weighted by atomic mass is 32.1. The molecule has 1 heterocycles. The van der Waals surface area contributed by atoms with Gasteiger partial charge in [-0.05, 0) is 96.4 Å². The molecule has 0 saturated heterocycles. The van der Waals surface area contributed by atoms with Gasteiger partial charge in [0.2, 0.25) is 0 Å². The predicted octanol–water partition coefficient (Wildman–Crippen LogP) is 15.5. The Morgan fingerprint density at radius 1 is 0.315 bits per heavy atom. The lowest BCUT2D eigenvalue weighted by molar-refractivity contribution is 1.31. The average Bonchev–Trinajstić information content (AvgIpc) is 3.62. The second kappa shape index (κ2) is 12.4. The molecule has 0 N–H and O–H groups in total. The third-order valence-corrected chi connectivity index (χ3v) is 12.1. The van der Waals surface area contributed by atoms with Crippen LogP contribution in [0.4, 0.5) is 17.1 Å². The summed E-state index contributed by atoms with van der Waals surface area (Å²) in [5.74, 6) is 0. The van der Waals surface area contributed by atoms with Crippen molar-refractivity contribution in [3.05, 3.63) is 200 Å². The van der Waals surface area contributed by atoms with Crippen molar-refractivity contribution in [3.63, 3.8) is 0 Å². The molecule has 0 unspecified atom stereocenters. The van der Waals surface area contributed by atoms with Gasteiger partial charge in [0.25, 0.3) is 0 Å². The summed E-state index contributed by atoms with van der Waals surface area (Å²) in [6.45, 7) is 0. The van der Waals surface area contributed by atoms with Gasteiger partial charge < -0.3 is 4.90 Å². The van der Waals surface area contributed by atoms with Crippen LogP contribution in [0.15, 0.2) is 200 Å². The summed E-state index contributed by atoms with van der Waals surface area (Å²) < 4.78 is 2.61. The zero-order valence-corrected chi connectivity index (χ0v) is 30.2. The van der Waals surface area contributed by atoms with Crippen LogP contribution in [0.2, 0.25) is 0 Å². The lowest BCUT2D eigenvalue weighted by Gasteiger charge is -2.28. The second-order valence-electron chi connectivity index (χ2n) is 14.1. The van der Waals surface area contributed by atoms with E-state index >= 15 is 0 Å². The first-order valence-corrected chi connectivity index (χ1v) is 19.3. The summed E-state index contributed by atoms with van der Waals surface area (Å²) in [6, 6.07) is 73.5. The van der Waals surface area contributed by atoms with Gasteiger partial charge in [0.15, 0.2) is 0 Å². The van der Waals surface area contributed by atoms with Gasteiger partial charge in [-0.3, -0.25) is 0 Å². The van der Waals surface area contributed by atoms with Crippen molar-refractivity contribution in [1.82, 2.24) is 0 Å². The van der Waals surface area contributed by atoms with E-state index in [4.69, 9.17) is 0 Å². The van der Waals surface area contributed by atoms with Gasteiger partial charge in [-0.15, -0.1) is 11.3 Å². The van der Waals surface area contributed by atoms with E-state index in [-0.39, 0.29) is 0 Å². The van der Waals surface area contributed by atoms with E-state index in [2.05, 4.69) is 205 Å². The van der Waals surface area contributed by atoms with Crippen LogP contribution in [0.5, 0.6) is 0 Å². The van der Waals surface area contributed by atoms with Crippen LogP contribution in [0.1, 0.15) is 0 Å². The fourth-order valence-electron chi connectivity index (χ4n) is 8.55. The highest BCUT2D eigenvalue weighted by Gasteiger charge is 2.20. The molecule has 2 heteroatoms. The number of anilines is 3. The largest absolute Gasteiger partial charge is 0.310 e. The maximum Gasteiger partial charge on any atom is 0.0554 e. The summed E-state index contributed by atoms with van der Waals surface area (Å²) >= 11 is 1.88. The topological polar surface area (TPSA) is 3.24 Å². The zero-order chi connectivity index (χ0) is 35.6. The van der Waals surface area contributed by atoms with Crippen LogP contribution in [-0.4, -0.2) is 0 Å². The first kappa shape index (κ1) is 30.8. The Kier molecular flexibility index (Phi) is 7.11. The molecule has 0 atom stereocenters. The summed E-state index contributed by atoms with van der Waals surface area (Å²) in [6.07, 6.45) is 0. The van der Waals surface area contributed by atoms with Crippen LogP contribution in [-0.2, 0) is 0 Å². The molecule has 0 amide bonds. The Hall–Kier alpha value is -6.74. The third kappa shape index (κ3) is 4.92. The molecule has 11 aromatic rings. The molecule has 54 heavy (non-hydrogen) atoms. The summed E-state index contributed by atoms with van der Waals surface area (Å²) in [5, 5.41) is 12.7. The number of nitrogens with zero attached hydrogens (tertiary/aromatic N) is 1. The number of rotatable bonds is 5. The first-order valence-electron chi connectivity index (χ1n) is 18.5. The Bertz CT molecular complexity index is 3210. The monoisotopic (exact) mass is 703 g/mol. The van der Waals surface area contributed by atoms with E-state index in [1.54, 1.807) is 0 Å². The minimum atomic E-state index is 1.12. The predicted molar refractivity (Wildman–Crippen MR) is 235 cm³/mol. The zero-order valence-electron chi connectivity index (χ0n) is 29.4. The van der Waals surface area contributed by atoms with Crippen molar-refractivity contribution >= 4 is 91.7 Å². The Morgan fingerprint density at radius 2 is 0.907 bits per heavy atom. The molecule has 0 spiro atoms. The van der Waals surface area contributed by atoms with Crippen LogP contribution >= 0.6 is 11.3 Å². The van der Waals surface area contributed by atoms with E-state index in [9.17, 15) is 0 Å². The van der Waals surface area contributed by atoms with Gasteiger partial charge >= 0.3 is 0 Å². The smallest absolute Gasteiger partial charge is 0.0554 e. The molecule has 0 saturated carbocycles. The van der Waals surface area contributed by atoms with E-state index in [0.717, 1.165) is 11.4 Å². The molecule has 0 bridgehead atoms. The normalized spacial score (nSPS) is 11.7. The van der Waals surface area contributed by atoms with Crippen LogP contribution in [0.25, 0.3) is 85.5 Å². The van der Waals surface area contributed by atoms with Crippen molar-refractivity contribution in [2.45, 2.75) is 0 Å². The highest BCUT2D eigenvalue weighted by Crippen LogP contribution is 2.47. The van der Waals surface area contributed by atoms with Crippen molar-refractivity contribution in [2.75, 3.05) is 4.90 Å². The van der Waals surface area contributed by atoms with Crippen LogP contribution < -0.4 is 4.90 Å². The molecule has 1 nitrogen and oxygen atoms in total. The number of hydrogen-bond donors (Lipinski definition) is 0. The minimum Gasteiger partial charge on any atom is -0.310 e. The first-order chi connectivity index (χ1) is 26.8. The van der Waals surface area contributed by atoms with E-state index < -0.39 is 0 Å². The lowest BCUT2D eigenvalue weighted by atomic mass is 9.91. The Labute approximate surface area is 317 Å². The molecule has 11 rings (SSSR count). The van der Waals surface area contributed by atoms with Crippen LogP contribution in [0, 0.1) is 0 Å². The molecular formula is C52H33NS. The third-order valence-electron chi connectivity index (χ3n) is 11.0. The molecule has 0 fully saturated rings. The lowest BCUT2D eigenvalue weighted by Crippen LogP contribution is -2.10. The van der Waals surface area contributed by atoms with Crippen LogP contribution in [0.3, 0.4) is 0 Å². The molecular weight excluding hydrogens is 671 g/mol. The van der Waals surface area contributed by atoms with Crippen molar-refractivity contribution in [3.8, 4) is 22.3 Å². The second-order valence-corrected chi connectivity index (χ2v) is 15.1. The summed E-state index contributed by atoms with van der Waals surface area (Å²) in [5.41, 5.74) is 8.34. The Morgan fingerprint density at radius 3 is 1.70 bits per heavy atom. The number of fused-ring (bicyclic) bond motifs is 9. The molecule has 0 aliphatic heterocycles. The summed E-state index contributed by atoms with van der Waals surface area (Å²) in [4.78, 5) is 2.46. The average molecular weight is 704 g/mol. The van der Waals surface area contributed by atoms with Crippen molar-refractivity contribution in [1.29, 1.82) is 0 Å². The van der Waals surface area contributed by atoms with Gasteiger partial charge in [-0.25, -0.2) is 0 Å². The number of hydrogen-bond acceptors (Lipinski definition) is 2. The Balaban J connectivity index is 1.14. The SMILES string of the molecule is c1ccc(-c2cccc3cccc(-c4ccc(N(c5ccc6c(ccc7ccccc76)c5)c5cc6sc7ccccc7c6c6ccccc56)cc4)c23)cc1.